The van der Waals surface area contributed by atoms with Crippen LogP contribution >= 0.6 is 0 Å². The van der Waals surface area contributed by atoms with E-state index in [1.807, 2.05) is 0 Å². The third-order valence-corrected chi connectivity index (χ3v) is 5.55. The van der Waals surface area contributed by atoms with Gasteiger partial charge in [0.25, 0.3) is 0 Å². The number of morpholine rings is 1. The zero-order valence-electron chi connectivity index (χ0n) is 15.9. The molecule has 4 aromatic rings. The zero-order chi connectivity index (χ0) is 18.8. The molecule has 2 aromatic carbocycles. The molecule has 0 aliphatic carbocycles. The number of nitrogens with zero attached hydrogens (tertiary/aromatic N) is 2. The molecule has 1 aliphatic rings. The van der Waals surface area contributed by atoms with Crippen LogP contribution in [0.1, 0.15) is 5.69 Å². The molecule has 3 nitrogen and oxygen atoms in total. The quantitative estimate of drug-likeness (QED) is 0.498. The van der Waals surface area contributed by atoms with Crippen LogP contribution in [0.3, 0.4) is 0 Å². The fraction of sp³-hybridized carbons (Fsp3) is 0.200. The van der Waals surface area contributed by atoms with Crippen molar-refractivity contribution < 1.29 is 4.74 Å². The summed E-state index contributed by atoms with van der Waals surface area (Å²) in [7, 11) is 0. The van der Waals surface area contributed by atoms with Gasteiger partial charge >= 0.3 is 0 Å². The van der Waals surface area contributed by atoms with Gasteiger partial charge in [0.15, 0.2) is 0 Å². The number of aromatic nitrogens is 1. The molecule has 0 N–H and O–H groups in total. The van der Waals surface area contributed by atoms with Crippen molar-refractivity contribution >= 4 is 5.52 Å². The maximum atomic E-state index is 5.57. The van der Waals surface area contributed by atoms with Crippen molar-refractivity contribution in [1.82, 2.24) is 9.30 Å². The molecular formula is C25H24N2O. The number of hydrogen-bond donors (Lipinski definition) is 0. The van der Waals surface area contributed by atoms with E-state index >= 15 is 0 Å². The standard InChI is InChI=1S/C25H24N2O/c1-3-9-20(10-4-1)24-22-13-7-8-14-27(22)23(19-26-15-17-28-18-16-26)25(24)21-11-5-2-6-12-21/h1-14H,15-19H2. The highest BCUT2D eigenvalue weighted by molar-refractivity contribution is 5.96. The van der Waals surface area contributed by atoms with Crippen LogP contribution in [-0.2, 0) is 11.3 Å². The Morgan fingerprint density at radius 1 is 0.679 bits per heavy atom. The highest BCUT2D eigenvalue weighted by atomic mass is 16.5. The lowest BCUT2D eigenvalue weighted by molar-refractivity contribution is 0.0336. The minimum atomic E-state index is 0.815. The van der Waals surface area contributed by atoms with Crippen molar-refractivity contribution in [3.8, 4) is 22.3 Å². The van der Waals surface area contributed by atoms with E-state index in [1.54, 1.807) is 0 Å². The summed E-state index contributed by atoms with van der Waals surface area (Å²) < 4.78 is 7.94. The first-order valence-electron chi connectivity index (χ1n) is 9.95. The third kappa shape index (κ3) is 3.13. The molecular weight excluding hydrogens is 344 g/mol. The summed E-state index contributed by atoms with van der Waals surface area (Å²) in [5.74, 6) is 0. The Kier molecular flexibility index (Phi) is 4.69. The maximum absolute atomic E-state index is 5.57. The topological polar surface area (TPSA) is 16.9 Å². The number of rotatable bonds is 4. The van der Waals surface area contributed by atoms with E-state index in [0.717, 1.165) is 32.8 Å². The van der Waals surface area contributed by atoms with Crippen molar-refractivity contribution in [2.24, 2.45) is 0 Å². The summed E-state index contributed by atoms with van der Waals surface area (Å²) >= 11 is 0. The van der Waals surface area contributed by atoms with Gasteiger partial charge in [0.2, 0.25) is 0 Å². The van der Waals surface area contributed by atoms with Gasteiger partial charge in [0.05, 0.1) is 18.7 Å². The molecule has 1 aliphatic heterocycles. The molecule has 0 amide bonds. The lowest BCUT2D eigenvalue weighted by atomic mass is 9.95. The molecule has 0 bridgehead atoms. The van der Waals surface area contributed by atoms with Gasteiger partial charge in [-0.15, -0.1) is 0 Å². The minimum Gasteiger partial charge on any atom is -0.379 e. The van der Waals surface area contributed by atoms with Crippen molar-refractivity contribution in [2.45, 2.75) is 6.54 Å². The molecule has 0 saturated carbocycles. The molecule has 5 rings (SSSR count). The molecule has 1 fully saturated rings. The smallest absolute Gasteiger partial charge is 0.0594 e. The highest BCUT2D eigenvalue weighted by Gasteiger charge is 2.22. The summed E-state index contributed by atoms with van der Waals surface area (Å²) in [5.41, 5.74) is 7.80. The van der Waals surface area contributed by atoms with Gasteiger partial charge in [-0.1, -0.05) is 66.7 Å². The lowest BCUT2D eigenvalue weighted by Gasteiger charge is -2.27. The molecule has 0 unspecified atom stereocenters. The van der Waals surface area contributed by atoms with Gasteiger partial charge in [0.1, 0.15) is 0 Å². The largest absolute Gasteiger partial charge is 0.379 e. The van der Waals surface area contributed by atoms with E-state index in [0.29, 0.717) is 0 Å². The molecule has 0 radical (unpaired) electrons. The van der Waals surface area contributed by atoms with Crippen LogP contribution < -0.4 is 0 Å². The summed E-state index contributed by atoms with van der Waals surface area (Å²) in [6.45, 7) is 4.51. The van der Waals surface area contributed by atoms with Gasteiger partial charge in [-0.25, -0.2) is 0 Å². The number of ether oxygens (including phenoxy) is 1. The van der Waals surface area contributed by atoms with Crippen LogP contribution in [0.4, 0.5) is 0 Å². The van der Waals surface area contributed by atoms with Crippen molar-refractivity contribution in [3.05, 3.63) is 90.8 Å². The first-order chi connectivity index (χ1) is 13.9. The third-order valence-electron chi connectivity index (χ3n) is 5.55. The predicted molar refractivity (Wildman–Crippen MR) is 114 cm³/mol. The molecule has 2 aromatic heterocycles. The zero-order valence-corrected chi connectivity index (χ0v) is 15.9. The van der Waals surface area contributed by atoms with E-state index in [1.165, 1.54) is 33.5 Å². The van der Waals surface area contributed by atoms with E-state index < -0.39 is 0 Å². The van der Waals surface area contributed by atoms with Crippen LogP contribution in [0.5, 0.6) is 0 Å². The molecule has 0 atom stereocenters. The molecule has 0 spiro atoms. The van der Waals surface area contributed by atoms with Crippen LogP contribution in [0.25, 0.3) is 27.8 Å². The average Bonchev–Trinajstić information content (AvgIpc) is 3.10. The van der Waals surface area contributed by atoms with Gasteiger partial charge in [-0.3, -0.25) is 4.90 Å². The minimum absolute atomic E-state index is 0.815. The SMILES string of the molecule is c1ccc(-c2c(-c3ccccc3)c3ccccn3c2CN2CCOCC2)cc1. The molecule has 140 valence electrons. The van der Waals surface area contributed by atoms with Gasteiger partial charge < -0.3 is 9.14 Å². The number of pyridine rings is 1. The normalized spacial score (nSPS) is 15.1. The molecule has 1 saturated heterocycles. The molecule has 3 heterocycles. The second kappa shape index (κ2) is 7.63. The van der Waals surface area contributed by atoms with Gasteiger partial charge in [-0.05, 0) is 23.3 Å². The van der Waals surface area contributed by atoms with Crippen LogP contribution in [0.15, 0.2) is 85.1 Å². The van der Waals surface area contributed by atoms with E-state index in [9.17, 15) is 0 Å². The first kappa shape index (κ1) is 17.2. The fourth-order valence-corrected chi connectivity index (χ4v) is 4.21. The van der Waals surface area contributed by atoms with E-state index in [2.05, 4.69) is 94.4 Å². The van der Waals surface area contributed by atoms with Crippen molar-refractivity contribution in [2.75, 3.05) is 26.3 Å². The Hall–Kier alpha value is -2.88. The Balaban J connectivity index is 1.77. The van der Waals surface area contributed by atoms with E-state index in [-0.39, 0.29) is 0 Å². The Bertz CT molecular complexity index is 1060. The highest BCUT2D eigenvalue weighted by Crippen LogP contribution is 2.40. The van der Waals surface area contributed by atoms with Crippen LogP contribution in [0.2, 0.25) is 0 Å². The van der Waals surface area contributed by atoms with Crippen molar-refractivity contribution in [1.29, 1.82) is 0 Å². The van der Waals surface area contributed by atoms with Crippen LogP contribution in [-0.4, -0.2) is 35.6 Å². The fourth-order valence-electron chi connectivity index (χ4n) is 4.21. The summed E-state index contributed by atoms with van der Waals surface area (Å²) in [4.78, 5) is 2.50. The van der Waals surface area contributed by atoms with Crippen LogP contribution in [0, 0.1) is 0 Å². The summed E-state index contributed by atoms with van der Waals surface area (Å²) in [5, 5.41) is 0. The summed E-state index contributed by atoms with van der Waals surface area (Å²) in [6, 6.07) is 28.1. The number of fused-ring (bicyclic) bond motifs is 1. The Labute approximate surface area is 165 Å². The van der Waals surface area contributed by atoms with E-state index in [4.69, 9.17) is 4.74 Å². The lowest BCUT2D eigenvalue weighted by Crippen LogP contribution is -2.36. The second-order valence-corrected chi connectivity index (χ2v) is 7.27. The first-order valence-corrected chi connectivity index (χ1v) is 9.95. The molecule has 28 heavy (non-hydrogen) atoms. The van der Waals surface area contributed by atoms with Gasteiger partial charge in [-0.2, -0.15) is 0 Å². The van der Waals surface area contributed by atoms with Crippen molar-refractivity contribution in [3.63, 3.8) is 0 Å². The molecule has 3 heteroatoms. The maximum Gasteiger partial charge on any atom is 0.0594 e. The Morgan fingerprint density at radius 3 is 1.96 bits per heavy atom. The number of benzene rings is 2. The van der Waals surface area contributed by atoms with Gasteiger partial charge in [0, 0.05) is 42.7 Å². The average molecular weight is 368 g/mol. The monoisotopic (exact) mass is 368 g/mol. The summed E-state index contributed by atoms with van der Waals surface area (Å²) in [6.07, 6.45) is 2.20. The number of hydrogen-bond acceptors (Lipinski definition) is 2. The Morgan fingerprint density at radius 2 is 1.29 bits per heavy atom. The predicted octanol–water partition coefficient (Wildman–Crippen LogP) is 5.11. The second-order valence-electron chi connectivity index (χ2n) is 7.27.